The van der Waals surface area contributed by atoms with Crippen LogP contribution in [0.5, 0.6) is 17.2 Å². The van der Waals surface area contributed by atoms with Crippen LogP contribution in [0.15, 0.2) is 60.7 Å². The maximum absolute atomic E-state index is 6.43. The molecule has 3 aromatic carbocycles. The zero-order valence-electron chi connectivity index (χ0n) is 21.4. The van der Waals surface area contributed by atoms with E-state index in [9.17, 15) is 0 Å². The number of aromatic nitrogens is 2. The average Bonchev–Trinajstić information content (AvgIpc) is 3.25. The van der Waals surface area contributed by atoms with E-state index >= 15 is 0 Å². The van der Waals surface area contributed by atoms with Crippen LogP contribution >= 0.6 is 23.2 Å². The van der Waals surface area contributed by atoms with Crippen molar-refractivity contribution in [1.29, 1.82) is 0 Å². The first kappa shape index (κ1) is 25.9. The Hall–Kier alpha value is -2.73. The summed E-state index contributed by atoms with van der Waals surface area (Å²) < 4.78 is 14.8. The second kappa shape index (κ2) is 11.8. The highest BCUT2D eigenvalue weighted by Crippen LogP contribution is 2.33. The Morgan fingerprint density at radius 1 is 0.892 bits per heavy atom. The molecule has 2 heterocycles. The molecule has 37 heavy (non-hydrogen) atoms. The molecule has 0 unspecified atom stereocenters. The maximum Gasteiger partial charge on any atom is 0.141 e. The fraction of sp³-hybridized carbons (Fsp3) is 0.367. The Morgan fingerprint density at radius 3 is 2.41 bits per heavy atom. The van der Waals surface area contributed by atoms with E-state index in [1.165, 1.54) is 0 Å². The molecule has 4 aromatic rings. The smallest absolute Gasteiger partial charge is 0.141 e. The lowest BCUT2D eigenvalue weighted by Crippen LogP contribution is -2.37. The van der Waals surface area contributed by atoms with Gasteiger partial charge in [0.05, 0.1) is 11.0 Å². The Kier molecular flexibility index (Phi) is 8.23. The summed E-state index contributed by atoms with van der Waals surface area (Å²) in [4.78, 5) is 7.50. The minimum absolute atomic E-state index is 0.264. The minimum atomic E-state index is 0.264. The van der Waals surface area contributed by atoms with Crippen LogP contribution in [0.4, 0.5) is 0 Å². The number of fused-ring (bicyclic) bond motifs is 1. The largest absolute Gasteiger partial charge is 0.490 e. The summed E-state index contributed by atoms with van der Waals surface area (Å²) in [5, 5.41) is 1.07. The van der Waals surface area contributed by atoms with Crippen LogP contribution in [0.2, 0.25) is 10.0 Å². The molecule has 0 N–H and O–H groups in total. The van der Waals surface area contributed by atoms with Crippen LogP contribution in [0.25, 0.3) is 22.4 Å². The minimum Gasteiger partial charge on any atom is -0.490 e. The number of unbranched alkanes of at least 4 members (excludes halogenated alkanes) is 1. The molecule has 0 atom stereocenters. The van der Waals surface area contributed by atoms with Crippen molar-refractivity contribution in [3.05, 3.63) is 70.7 Å². The number of halogens is 2. The fourth-order valence-corrected chi connectivity index (χ4v) is 5.40. The summed E-state index contributed by atoms with van der Waals surface area (Å²) in [6, 6.07) is 19.5. The number of rotatable bonds is 9. The molecule has 1 aliphatic heterocycles. The van der Waals surface area contributed by atoms with Crippen molar-refractivity contribution in [3.63, 3.8) is 0 Å². The molecular formula is C30H33Cl2N3O2. The first-order valence-corrected chi connectivity index (χ1v) is 13.9. The topological polar surface area (TPSA) is 39.5 Å². The fourth-order valence-electron chi connectivity index (χ4n) is 4.90. The second-order valence-electron chi connectivity index (χ2n) is 9.58. The van der Waals surface area contributed by atoms with E-state index < -0.39 is 0 Å². The monoisotopic (exact) mass is 537 g/mol. The van der Waals surface area contributed by atoms with Crippen LogP contribution in [-0.2, 0) is 6.54 Å². The van der Waals surface area contributed by atoms with Gasteiger partial charge in [0.15, 0.2) is 0 Å². The predicted octanol–water partition coefficient (Wildman–Crippen LogP) is 8.47. The Balaban J connectivity index is 1.44. The van der Waals surface area contributed by atoms with Gasteiger partial charge in [-0.3, -0.25) is 0 Å². The number of hydrogen-bond acceptors (Lipinski definition) is 4. The number of ether oxygens (including phenoxy) is 2. The zero-order chi connectivity index (χ0) is 25.8. The first-order chi connectivity index (χ1) is 18.0. The van der Waals surface area contributed by atoms with Crippen LogP contribution in [0.3, 0.4) is 0 Å². The quantitative estimate of drug-likeness (QED) is 0.214. The van der Waals surface area contributed by atoms with E-state index in [0.717, 1.165) is 80.0 Å². The zero-order valence-corrected chi connectivity index (χ0v) is 22.9. The van der Waals surface area contributed by atoms with E-state index in [-0.39, 0.29) is 6.10 Å². The van der Waals surface area contributed by atoms with E-state index in [4.69, 9.17) is 37.7 Å². The molecule has 5 rings (SSSR count). The van der Waals surface area contributed by atoms with Gasteiger partial charge in [0.25, 0.3) is 0 Å². The van der Waals surface area contributed by atoms with E-state index in [1.54, 1.807) is 18.2 Å². The third-order valence-corrected chi connectivity index (χ3v) is 7.34. The van der Waals surface area contributed by atoms with Gasteiger partial charge >= 0.3 is 0 Å². The molecule has 1 saturated heterocycles. The molecule has 5 nitrogen and oxygen atoms in total. The average molecular weight is 539 g/mol. The van der Waals surface area contributed by atoms with Gasteiger partial charge in [0.1, 0.15) is 29.2 Å². The van der Waals surface area contributed by atoms with Crippen molar-refractivity contribution >= 4 is 34.2 Å². The van der Waals surface area contributed by atoms with Gasteiger partial charge in [-0.05, 0) is 68.3 Å². The molecular weight excluding hydrogens is 505 g/mol. The summed E-state index contributed by atoms with van der Waals surface area (Å²) in [6.07, 6.45) is 4.56. The Labute approximate surface area is 228 Å². The van der Waals surface area contributed by atoms with Gasteiger partial charge in [-0.15, -0.1) is 0 Å². The number of hydrogen-bond donors (Lipinski definition) is 0. The van der Waals surface area contributed by atoms with Crippen LogP contribution in [0, 0.1) is 0 Å². The summed E-state index contributed by atoms with van der Waals surface area (Å²) in [6.45, 7) is 8.62. The molecule has 0 amide bonds. The highest BCUT2D eigenvalue weighted by Gasteiger charge is 2.20. The van der Waals surface area contributed by atoms with Gasteiger partial charge in [0.2, 0.25) is 0 Å². The lowest BCUT2D eigenvalue weighted by Gasteiger charge is -2.31. The standard InChI is InChI=1S/C30H33Cl2N3O2/c1-3-5-13-35-29-20-26(36-24-11-14-34(4-2)15-12-24)9-10-28(29)33-30(35)21-7-6-8-25(16-21)37-27-18-22(31)17-23(32)19-27/h6-10,16-20,24H,3-5,11-15H2,1-2H3. The van der Waals surface area contributed by atoms with Crippen LogP contribution in [-0.4, -0.2) is 40.2 Å². The number of aryl methyl sites for hydroxylation is 1. The number of nitrogens with zero attached hydrogens (tertiary/aromatic N) is 3. The molecule has 0 radical (unpaired) electrons. The second-order valence-corrected chi connectivity index (χ2v) is 10.5. The van der Waals surface area contributed by atoms with Gasteiger partial charge in [-0.25, -0.2) is 4.98 Å². The van der Waals surface area contributed by atoms with E-state index in [0.29, 0.717) is 21.5 Å². The lowest BCUT2D eigenvalue weighted by atomic mass is 10.1. The van der Waals surface area contributed by atoms with Crippen molar-refractivity contribution in [3.8, 4) is 28.6 Å². The number of imidazole rings is 1. The van der Waals surface area contributed by atoms with Crippen molar-refractivity contribution in [2.45, 2.75) is 52.2 Å². The van der Waals surface area contributed by atoms with E-state index in [1.807, 2.05) is 18.2 Å². The number of likely N-dealkylation sites (tertiary alicyclic amines) is 1. The SMILES string of the molecule is CCCCn1c(-c2cccc(Oc3cc(Cl)cc(Cl)c3)c2)nc2ccc(OC3CCN(CC)CC3)cc21. The van der Waals surface area contributed by atoms with Crippen molar-refractivity contribution in [2.75, 3.05) is 19.6 Å². The number of benzene rings is 3. The Bertz CT molecular complexity index is 1340. The van der Waals surface area contributed by atoms with Crippen molar-refractivity contribution in [2.24, 2.45) is 0 Å². The predicted molar refractivity (Wildman–Crippen MR) is 152 cm³/mol. The van der Waals surface area contributed by atoms with Crippen LogP contribution < -0.4 is 9.47 Å². The summed E-state index contributed by atoms with van der Waals surface area (Å²) >= 11 is 12.3. The van der Waals surface area contributed by atoms with Gasteiger partial charge in [0, 0.05) is 41.3 Å². The summed E-state index contributed by atoms with van der Waals surface area (Å²) in [7, 11) is 0. The van der Waals surface area contributed by atoms with Crippen molar-refractivity contribution in [1.82, 2.24) is 14.5 Å². The molecule has 7 heteroatoms. The first-order valence-electron chi connectivity index (χ1n) is 13.2. The van der Waals surface area contributed by atoms with Crippen molar-refractivity contribution < 1.29 is 9.47 Å². The molecule has 0 bridgehead atoms. The summed E-state index contributed by atoms with van der Waals surface area (Å²) in [5.74, 6) is 3.14. The van der Waals surface area contributed by atoms with Gasteiger partial charge in [-0.2, -0.15) is 0 Å². The molecule has 0 spiro atoms. The third kappa shape index (κ3) is 6.23. The highest BCUT2D eigenvalue weighted by atomic mass is 35.5. The number of piperidine rings is 1. The normalized spacial score (nSPS) is 14.8. The molecule has 0 saturated carbocycles. The molecule has 0 aliphatic carbocycles. The van der Waals surface area contributed by atoms with Gasteiger partial charge in [-0.1, -0.05) is 55.6 Å². The maximum atomic E-state index is 6.43. The third-order valence-electron chi connectivity index (χ3n) is 6.90. The Morgan fingerprint density at radius 2 is 1.68 bits per heavy atom. The molecule has 1 aliphatic rings. The van der Waals surface area contributed by atoms with Crippen LogP contribution in [0.1, 0.15) is 39.5 Å². The molecule has 1 aromatic heterocycles. The van der Waals surface area contributed by atoms with Gasteiger partial charge < -0.3 is 18.9 Å². The highest BCUT2D eigenvalue weighted by molar-refractivity contribution is 6.34. The van der Waals surface area contributed by atoms with E-state index in [2.05, 4.69) is 47.6 Å². The molecule has 1 fully saturated rings. The lowest BCUT2D eigenvalue weighted by molar-refractivity contribution is 0.104. The summed E-state index contributed by atoms with van der Waals surface area (Å²) in [5.41, 5.74) is 3.06. The molecule has 194 valence electrons.